The van der Waals surface area contributed by atoms with Crippen molar-refractivity contribution < 1.29 is 19.0 Å². The Bertz CT molecular complexity index is 458. The van der Waals surface area contributed by atoms with E-state index in [1.165, 1.54) is 0 Å². The summed E-state index contributed by atoms with van der Waals surface area (Å²) in [5.41, 5.74) is 0. The molecule has 98 valence electrons. The van der Waals surface area contributed by atoms with Crippen molar-refractivity contribution in [1.82, 2.24) is 10.1 Å². The summed E-state index contributed by atoms with van der Waals surface area (Å²) in [5, 5.41) is 14.1. The van der Waals surface area contributed by atoms with E-state index in [0.29, 0.717) is 12.2 Å². The van der Waals surface area contributed by atoms with E-state index in [0.717, 1.165) is 6.42 Å². The quantitative estimate of drug-likeness (QED) is 0.418. The fourth-order valence-corrected chi connectivity index (χ4v) is 1.58. The van der Waals surface area contributed by atoms with Gasteiger partial charge in [0.1, 0.15) is 5.92 Å². The second-order valence-corrected chi connectivity index (χ2v) is 4.16. The largest absolute Gasteiger partial charge is 0.455 e. The number of carbonyl (C=O) groups excluding carboxylic acids is 1. The third kappa shape index (κ3) is 2.82. The molecule has 0 radical (unpaired) electrons. The Morgan fingerprint density at radius 1 is 1.67 bits per heavy atom. The Morgan fingerprint density at radius 3 is 3.06 bits per heavy atom. The van der Waals surface area contributed by atoms with E-state index in [1.54, 1.807) is 0 Å². The summed E-state index contributed by atoms with van der Waals surface area (Å²) in [7, 11) is 0. The Labute approximate surface area is 102 Å². The molecule has 1 saturated carbocycles. The molecule has 0 bridgehead atoms. The number of aromatic nitrogens is 2. The third-order valence-electron chi connectivity index (χ3n) is 2.65. The Hall–Kier alpha value is -1.99. The van der Waals surface area contributed by atoms with Crippen LogP contribution in [0.25, 0.3) is 0 Å². The van der Waals surface area contributed by atoms with Gasteiger partial charge < -0.3 is 9.26 Å². The number of rotatable bonds is 6. The summed E-state index contributed by atoms with van der Waals surface area (Å²) in [4.78, 5) is 25.3. The van der Waals surface area contributed by atoms with Crippen LogP contribution in [0.2, 0.25) is 0 Å². The summed E-state index contributed by atoms with van der Waals surface area (Å²) in [6.07, 6.45) is 1.84. The van der Waals surface area contributed by atoms with Gasteiger partial charge in [-0.1, -0.05) is 12.1 Å². The Kier molecular flexibility index (Phi) is 3.54. The predicted molar refractivity (Wildman–Crippen MR) is 57.0 cm³/mol. The molecule has 1 heterocycles. The minimum Gasteiger partial charge on any atom is -0.455 e. The van der Waals surface area contributed by atoms with Gasteiger partial charge in [0, 0.05) is 17.8 Å². The fraction of sp³-hybridized carbons (Fsp3) is 0.700. The molecular formula is C10H13N3O5. The van der Waals surface area contributed by atoms with E-state index < -0.39 is 22.9 Å². The molecule has 1 aliphatic carbocycles. The maximum absolute atomic E-state index is 11.4. The molecule has 1 aromatic heterocycles. The maximum Gasteiger partial charge on any atom is 0.316 e. The molecule has 2 unspecified atom stereocenters. The molecule has 8 nitrogen and oxygen atoms in total. The van der Waals surface area contributed by atoms with Gasteiger partial charge in [-0.05, 0) is 6.42 Å². The minimum atomic E-state index is -0.796. The van der Waals surface area contributed by atoms with Crippen molar-refractivity contribution in [2.24, 2.45) is 5.92 Å². The van der Waals surface area contributed by atoms with Crippen LogP contribution in [0.15, 0.2) is 4.52 Å². The first-order valence-corrected chi connectivity index (χ1v) is 5.73. The number of aryl methyl sites for hydroxylation is 1. The normalized spacial score (nSPS) is 21.6. The van der Waals surface area contributed by atoms with Gasteiger partial charge in [0.25, 0.3) is 5.89 Å². The molecule has 0 saturated heterocycles. The van der Waals surface area contributed by atoms with Crippen LogP contribution in [0.4, 0.5) is 0 Å². The van der Waals surface area contributed by atoms with Crippen molar-refractivity contribution in [3.8, 4) is 0 Å². The first-order valence-electron chi connectivity index (χ1n) is 5.73. The number of nitrogens with zero attached hydrogens (tertiary/aromatic N) is 3. The second-order valence-electron chi connectivity index (χ2n) is 4.16. The first kappa shape index (κ1) is 12.5. The maximum atomic E-state index is 11.4. The number of nitro groups is 1. The smallest absolute Gasteiger partial charge is 0.316 e. The standard InChI is InChI=1S/C10H13N3O5/c1-2-3-8-11-9(18-12-8)5-17-10(14)6-4-7(6)13(15)16/h6-7H,2-5H2,1H3. The Balaban J connectivity index is 1.77. The Morgan fingerprint density at radius 2 is 2.44 bits per heavy atom. The fourth-order valence-electron chi connectivity index (χ4n) is 1.58. The molecule has 2 rings (SSSR count). The minimum absolute atomic E-state index is 0.128. The highest BCUT2D eigenvalue weighted by molar-refractivity contribution is 5.76. The molecule has 1 fully saturated rings. The van der Waals surface area contributed by atoms with Gasteiger partial charge in [0.15, 0.2) is 12.4 Å². The molecule has 1 aliphatic rings. The number of ether oxygens (including phenoxy) is 1. The molecule has 0 N–H and O–H groups in total. The zero-order valence-electron chi connectivity index (χ0n) is 9.87. The van der Waals surface area contributed by atoms with Gasteiger partial charge >= 0.3 is 5.97 Å². The van der Waals surface area contributed by atoms with Crippen molar-refractivity contribution in [3.05, 3.63) is 21.8 Å². The summed E-state index contributed by atoms with van der Waals surface area (Å²) in [6.45, 7) is 1.86. The lowest BCUT2D eigenvalue weighted by molar-refractivity contribution is -0.497. The zero-order chi connectivity index (χ0) is 13.1. The van der Waals surface area contributed by atoms with Gasteiger partial charge in [-0.15, -0.1) is 0 Å². The van der Waals surface area contributed by atoms with Gasteiger partial charge in [-0.3, -0.25) is 14.9 Å². The average Bonchev–Trinajstić information content (AvgIpc) is 3.02. The van der Waals surface area contributed by atoms with E-state index in [-0.39, 0.29) is 18.9 Å². The first-order chi connectivity index (χ1) is 8.61. The molecule has 1 aromatic rings. The molecule has 0 spiro atoms. The molecule has 0 amide bonds. The highest BCUT2D eigenvalue weighted by atomic mass is 16.6. The lowest BCUT2D eigenvalue weighted by Gasteiger charge is -1.98. The van der Waals surface area contributed by atoms with Gasteiger partial charge in [0.2, 0.25) is 6.04 Å². The van der Waals surface area contributed by atoms with Crippen LogP contribution in [0.5, 0.6) is 0 Å². The van der Waals surface area contributed by atoms with Crippen LogP contribution in [-0.4, -0.2) is 27.1 Å². The van der Waals surface area contributed by atoms with Crippen LogP contribution in [0, 0.1) is 16.0 Å². The van der Waals surface area contributed by atoms with Gasteiger partial charge in [-0.25, -0.2) is 0 Å². The number of esters is 1. The van der Waals surface area contributed by atoms with Crippen molar-refractivity contribution >= 4 is 5.97 Å². The van der Waals surface area contributed by atoms with Crippen LogP contribution in [0.1, 0.15) is 31.5 Å². The molecule has 0 aliphatic heterocycles. The highest BCUT2D eigenvalue weighted by Crippen LogP contribution is 2.34. The van der Waals surface area contributed by atoms with E-state index >= 15 is 0 Å². The van der Waals surface area contributed by atoms with Crippen LogP contribution < -0.4 is 0 Å². The van der Waals surface area contributed by atoms with Crippen LogP contribution >= 0.6 is 0 Å². The molecule has 0 aromatic carbocycles. The molecular weight excluding hydrogens is 242 g/mol. The van der Waals surface area contributed by atoms with Gasteiger partial charge in [0.05, 0.1) is 0 Å². The molecule has 8 heteroatoms. The summed E-state index contributed by atoms with van der Waals surface area (Å²) < 4.78 is 9.75. The van der Waals surface area contributed by atoms with E-state index in [4.69, 9.17) is 9.26 Å². The predicted octanol–water partition coefficient (Wildman–Crippen LogP) is 0.730. The third-order valence-corrected chi connectivity index (χ3v) is 2.65. The van der Waals surface area contributed by atoms with Crippen molar-refractivity contribution in [2.75, 3.05) is 0 Å². The van der Waals surface area contributed by atoms with E-state index in [9.17, 15) is 14.9 Å². The van der Waals surface area contributed by atoms with Gasteiger partial charge in [-0.2, -0.15) is 4.98 Å². The average molecular weight is 255 g/mol. The lowest BCUT2D eigenvalue weighted by Crippen LogP contribution is -2.13. The van der Waals surface area contributed by atoms with E-state index in [2.05, 4.69) is 10.1 Å². The summed E-state index contributed by atoms with van der Waals surface area (Å²) in [6, 6.07) is -0.796. The van der Waals surface area contributed by atoms with Crippen LogP contribution in [-0.2, 0) is 22.6 Å². The molecule has 18 heavy (non-hydrogen) atoms. The number of hydrogen-bond acceptors (Lipinski definition) is 7. The zero-order valence-corrected chi connectivity index (χ0v) is 9.87. The summed E-state index contributed by atoms with van der Waals surface area (Å²) >= 11 is 0. The SMILES string of the molecule is CCCc1noc(COC(=O)C2CC2[N+](=O)[O-])n1. The monoisotopic (exact) mass is 255 g/mol. The highest BCUT2D eigenvalue weighted by Gasteiger charge is 2.54. The molecule has 2 atom stereocenters. The van der Waals surface area contributed by atoms with Crippen LogP contribution in [0.3, 0.4) is 0 Å². The number of carbonyl (C=O) groups is 1. The second kappa shape index (κ2) is 5.11. The topological polar surface area (TPSA) is 108 Å². The van der Waals surface area contributed by atoms with Crippen molar-refractivity contribution in [1.29, 1.82) is 0 Å². The van der Waals surface area contributed by atoms with E-state index in [1.807, 2.05) is 6.92 Å². The van der Waals surface area contributed by atoms with Crippen molar-refractivity contribution in [2.45, 2.75) is 38.8 Å². The van der Waals surface area contributed by atoms with Crippen molar-refractivity contribution in [3.63, 3.8) is 0 Å². The number of hydrogen-bond donors (Lipinski definition) is 0. The summed E-state index contributed by atoms with van der Waals surface area (Å²) in [5.74, 6) is -0.423. The lowest BCUT2D eigenvalue weighted by atomic mass is 10.3.